The molecule has 0 heterocycles. The molecule has 0 spiro atoms. The Kier molecular flexibility index (Phi) is 11.9. The minimum absolute atomic E-state index is 0.0230. The van der Waals surface area contributed by atoms with Crippen LogP contribution in [-0.2, 0) is 22.4 Å². The predicted molar refractivity (Wildman–Crippen MR) is 155 cm³/mol. The Labute approximate surface area is 244 Å². The first-order valence-electron chi connectivity index (χ1n) is 12.2. The highest BCUT2D eigenvalue weighted by molar-refractivity contribution is 6.42. The van der Waals surface area contributed by atoms with Crippen molar-refractivity contribution in [3.05, 3.63) is 104 Å². The van der Waals surface area contributed by atoms with Crippen LogP contribution < -0.4 is 0 Å². The molecule has 0 aliphatic carbocycles. The molecule has 0 atom stereocenters. The maximum atomic E-state index is 12.8. The van der Waals surface area contributed by atoms with Gasteiger partial charge in [0.2, 0.25) is 0 Å². The molecule has 0 saturated heterocycles. The van der Waals surface area contributed by atoms with Crippen molar-refractivity contribution in [2.45, 2.75) is 84.7 Å². The molecule has 0 N–H and O–H groups in total. The van der Waals surface area contributed by atoms with Crippen molar-refractivity contribution in [3.63, 3.8) is 0 Å². The quantitative estimate of drug-likeness (QED) is 0.222. The van der Waals surface area contributed by atoms with Gasteiger partial charge in [-0.2, -0.15) is 13.2 Å². The highest BCUT2D eigenvalue weighted by Crippen LogP contribution is 2.38. The van der Waals surface area contributed by atoms with E-state index in [0.717, 1.165) is 17.2 Å². The van der Waals surface area contributed by atoms with Gasteiger partial charge in [0.05, 0.1) is 15.6 Å². The highest BCUT2D eigenvalue weighted by Gasteiger charge is 2.36. The molecule has 216 valence electrons. The van der Waals surface area contributed by atoms with Crippen LogP contribution in [0.3, 0.4) is 0 Å². The number of rotatable bonds is 0. The largest absolute Gasteiger partial charge is 0.416 e. The summed E-state index contributed by atoms with van der Waals surface area (Å²) in [5, 5.41) is 1.80. The third kappa shape index (κ3) is 10.9. The van der Waals surface area contributed by atoms with Crippen LogP contribution in [0.4, 0.5) is 22.0 Å². The average molecular weight is 610 g/mol. The normalized spacial score (nSPS) is 12.2. The first-order valence-corrected chi connectivity index (χ1v) is 13.4. The van der Waals surface area contributed by atoms with Crippen molar-refractivity contribution in [1.82, 2.24) is 0 Å². The molecule has 0 fully saturated rings. The van der Waals surface area contributed by atoms with Crippen LogP contribution in [0.2, 0.25) is 15.1 Å². The van der Waals surface area contributed by atoms with Crippen molar-refractivity contribution >= 4 is 34.8 Å². The van der Waals surface area contributed by atoms with Crippen molar-refractivity contribution in [1.29, 1.82) is 0 Å². The van der Waals surface area contributed by atoms with Gasteiger partial charge in [0, 0.05) is 5.02 Å². The fourth-order valence-electron chi connectivity index (χ4n) is 3.59. The third-order valence-electron chi connectivity index (χ3n) is 5.59. The Morgan fingerprint density at radius 1 is 0.487 bits per heavy atom. The van der Waals surface area contributed by atoms with E-state index in [1.807, 2.05) is 32.9 Å². The molecule has 3 rings (SSSR count). The zero-order chi connectivity index (χ0) is 30.6. The molecular weight excluding hydrogens is 574 g/mol. The number of benzene rings is 3. The summed E-state index contributed by atoms with van der Waals surface area (Å²) in [6, 6.07) is 13.0. The zero-order valence-electron chi connectivity index (χ0n) is 23.7. The summed E-state index contributed by atoms with van der Waals surface area (Å²) in [6.45, 7) is 17.5. The molecule has 0 aliphatic rings. The second kappa shape index (κ2) is 13.2. The summed E-state index contributed by atoms with van der Waals surface area (Å²) in [6.07, 6.45) is -4.51. The smallest absolute Gasteiger partial charge is 0.207 e. The van der Waals surface area contributed by atoms with E-state index in [2.05, 4.69) is 20.8 Å². The Morgan fingerprint density at radius 3 is 1.31 bits per heavy atom. The number of hydrogen-bond donors (Lipinski definition) is 0. The van der Waals surface area contributed by atoms with Crippen molar-refractivity contribution in [2.75, 3.05) is 0 Å². The molecule has 0 saturated carbocycles. The van der Waals surface area contributed by atoms with Crippen LogP contribution in [0, 0.1) is 11.6 Å². The second-order valence-electron chi connectivity index (χ2n) is 12.2. The molecule has 0 aromatic heterocycles. The summed E-state index contributed by atoms with van der Waals surface area (Å²) in [5.41, 5.74) is 0.666. The molecule has 3 aromatic rings. The standard InChI is InChI=1S/C11H12F4.C10H12Cl2.C10H12ClF/c1-10(2,3)8-5-4-7(12)6-9(8)11(13,14)15;1-10(2,3)7-5-4-6-8(11)9(7)12;1-10(2,3)8-5-4-7(12)6-9(8)11/h4-6H,1-3H3;2*4-6H,1-3H3. The zero-order valence-corrected chi connectivity index (χ0v) is 26.0. The minimum atomic E-state index is -4.51. The van der Waals surface area contributed by atoms with Crippen LogP contribution in [0.25, 0.3) is 0 Å². The first-order chi connectivity index (χ1) is 17.5. The lowest BCUT2D eigenvalue weighted by molar-refractivity contribution is -0.138. The summed E-state index contributed by atoms with van der Waals surface area (Å²) >= 11 is 17.8. The molecule has 0 bridgehead atoms. The molecule has 8 heteroatoms. The van der Waals surface area contributed by atoms with Crippen molar-refractivity contribution < 1.29 is 22.0 Å². The molecule has 0 nitrogen and oxygen atoms in total. The molecule has 0 aliphatic heterocycles. The second-order valence-corrected chi connectivity index (χ2v) is 13.4. The maximum absolute atomic E-state index is 12.8. The Morgan fingerprint density at radius 2 is 0.923 bits per heavy atom. The molecule has 0 radical (unpaired) electrons. The maximum Gasteiger partial charge on any atom is 0.416 e. The van der Waals surface area contributed by atoms with Gasteiger partial charge in [-0.3, -0.25) is 0 Å². The summed E-state index contributed by atoms with van der Waals surface area (Å²) in [5.74, 6) is -1.15. The van der Waals surface area contributed by atoms with Gasteiger partial charge < -0.3 is 0 Å². The van der Waals surface area contributed by atoms with E-state index < -0.39 is 23.0 Å². The van der Waals surface area contributed by atoms with Crippen LogP contribution in [0.15, 0.2) is 54.6 Å². The van der Waals surface area contributed by atoms with Gasteiger partial charge in [0.15, 0.2) is 0 Å². The molecule has 3 aromatic carbocycles. The van der Waals surface area contributed by atoms with E-state index in [0.29, 0.717) is 21.1 Å². The van der Waals surface area contributed by atoms with Crippen LogP contribution in [0.1, 0.15) is 84.6 Å². The molecule has 0 amide bonds. The van der Waals surface area contributed by atoms with E-state index in [-0.39, 0.29) is 22.2 Å². The van der Waals surface area contributed by atoms with Crippen molar-refractivity contribution in [3.8, 4) is 0 Å². The highest BCUT2D eigenvalue weighted by atomic mass is 35.5. The van der Waals surface area contributed by atoms with E-state index in [9.17, 15) is 22.0 Å². The van der Waals surface area contributed by atoms with Gasteiger partial charge >= 0.3 is 6.18 Å². The van der Waals surface area contributed by atoms with E-state index in [1.54, 1.807) is 32.9 Å². The number of alkyl halides is 3. The number of halogens is 8. The Balaban J connectivity index is 0.000000295. The van der Waals surface area contributed by atoms with E-state index in [4.69, 9.17) is 34.8 Å². The summed E-state index contributed by atoms with van der Waals surface area (Å²) < 4.78 is 63.2. The lowest BCUT2D eigenvalue weighted by Gasteiger charge is -2.24. The fourth-order valence-corrected chi connectivity index (χ4v) is 4.62. The lowest BCUT2D eigenvalue weighted by atomic mass is 9.83. The fraction of sp³-hybridized carbons (Fsp3) is 0.419. The van der Waals surface area contributed by atoms with Gasteiger partial charge in [0.1, 0.15) is 11.6 Å². The summed E-state index contributed by atoms with van der Waals surface area (Å²) in [7, 11) is 0. The SMILES string of the molecule is CC(C)(C)c1ccc(F)cc1C(F)(F)F.CC(C)(C)c1ccc(F)cc1Cl.CC(C)(C)c1cccc(Cl)c1Cl. The van der Waals surface area contributed by atoms with Gasteiger partial charge in [0.25, 0.3) is 0 Å². The van der Waals surface area contributed by atoms with Gasteiger partial charge in [-0.1, -0.05) is 121 Å². The monoisotopic (exact) mass is 608 g/mol. The minimum Gasteiger partial charge on any atom is -0.207 e. The Bertz CT molecular complexity index is 1250. The van der Waals surface area contributed by atoms with Gasteiger partial charge in [-0.05, 0) is 63.3 Å². The molecular formula is C31H36Cl3F5. The van der Waals surface area contributed by atoms with Crippen LogP contribution in [-0.4, -0.2) is 0 Å². The summed E-state index contributed by atoms with van der Waals surface area (Å²) in [4.78, 5) is 0. The van der Waals surface area contributed by atoms with E-state index in [1.165, 1.54) is 18.2 Å². The third-order valence-corrected chi connectivity index (χ3v) is 6.73. The lowest BCUT2D eigenvalue weighted by Crippen LogP contribution is -2.19. The first kappa shape index (κ1) is 35.2. The van der Waals surface area contributed by atoms with Crippen molar-refractivity contribution in [2.24, 2.45) is 0 Å². The molecule has 0 unspecified atom stereocenters. The average Bonchev–Trinajstić information content (AvgIpc) is 2.73. The topological polar surface area (TPSA) is 0 Å². The van der Waals surface area contributed by atoms with Gasteiger partial charge in [-0.15, -0.1) is 0 Å². The molecule has 39 heavy (non-hydrogen) atoms. The van der Waals surface area contributed by atoms with Crippen LogP contribution in [0.5, 0.6) is 0 Å². The number of hydrogen-bond acceptors (Lipinski definition) is 0. The predicted octanol–water partition coefficient (Wildman–Crippen LogP) is 12.2. The Hall–Kier alpha value is -1.82. The van der Waals surface area contributed by atoms with E-state index >= 15 is 0 Å². The van der Waals surface area contributed by atoms with Crippen LogP contribution >= 0.6 is 34.8 Å². The van der Waals surface area contributed by atoms with Gasteiger partial charge in [-0.25, -0.2) is 8.78 Å².